The van der Waals surface area contributed by atoms with Crippen LogP contribution in [0.25, 0.3) is 0 Å². The smallest absolute Gasteiger partial charge is 0.213 e. The predicted molar refractivity (Wildman–Crippen MR) is 46.1 cm³/mol. The van der Waals surface area contributed by atoms with Gasteiger partial charge >= 0.3 is 0 Å². The van der Waals surface area contributed by atoms with Gasteiger partial charge in [0.25, 0.3) is 0 Å². The summed E-state index contributed by atoms with van der Waals surface area (Å²) in [7, 11) is 0. The van der Waals surface area contributed by atoms with Crippen LogP contribution in [0.2, 0.25) is 0 Å². The SMILES string of the molecule is c1ccc(OC[C@H]2CCN2)nc1. The second-order valence-corrected chi connectivity index (χ2v) is 2.92. The van der Waals surface area contributed by atoms with E-state index in [0.717, 1.165) is 13.2 Å². The van der Waals surface area contributed by atoms with Crippen LogP contribution >= 0.6 is 0 Å². The van der Waals surface area contributed by atoms with Crippen LogP contribution in [0.15, 0.2) is 24.4 Å². The van der Waals surface area contributed by atoms with E-state index in [9.17, 15) is 0 Å². The molecule has 1 aliphatic rings. The van der Waals surface area contributed by atoms with Crippen LogP contribution in [-0.2, 0) is 0 Å². The molecule has 1 atom stereocenters. The molecule has 0 saturated carbocycles. The summed E-state index contributed by atoms with van der Waals surface area (Å²) in [5.41, 5.74) is 0. The molecule has 3 heteroatoms. The summed E-state index contributed by atoms with van der Waals surface area (Å²) in [5.74, 6) is 0.714. The van der Waals surface area contributed by atoms with Gasteiger partial charge in [-0.3, -0.25) is 0 Å². The molecule has 0 amide bonds. The van der Waals surface area contributed by atoms with E-state index in [-0.39, 0.29) is 0 Å². The Morgan fingerprint density at radius 2 is 2.50 bits per heavy atom. The summed E-state index contributed by atoms with van der Waals surface area (Å²) in [6.07, 6.45) is 2.95. The topological polar surface area (TPSA) is 34.1 Å². The molecule has 2 rings (SSSR count). The molecule has 0 spiro atoms. The Hall–Kier alpha value is -1.09. The average Bonchev–Trinajstić information content (AvgIpc) is 2.04. The van der Waals surface area contributed by atoms with Gasteiger partial charge in [0, 0.05) is 18.3 Å². The van der Waals surface area contributed by atoms with Gasteiger partial charge in [0.1, 0.15) is 6.61 Å². The van der Waals surface area contributed by atoms with Gasteiger partial charge < -0.3 is 10.1 Å². The Morgan fingerprint density at radius 3 is 3.08 bits per heavy atom. The number of ether oxygens (including phenoxy) is 1. The van der Waals surface area contributed by atoms with Crippen molar-refractivity contribution in [3.05, 3.63) is 24.4 Å². The molecule has 0 bridgehead atoms. The highest BCUT2D eigenvalue weighted by Crippen LogP contribution is 2.07. The quantitative estimate of drug-likeness (QED) is 0.718. The second-order valence-electron chi connectivity index (χ2n) is 2.92. The third-order valence-electron chi connectivity index (χ3n) is 2.00. The molecule has 0 unspecified atom stereocenters. The van der Waals surface area contributed by atoms with Gasteiger partial charge in [-0.15, -0.1) is 0 Å². The van der Waals surface area contributed by atoms with Gasteiger partial charge in [0.05, 0.1) is 0 Å². The molecule has 2 heterocycles. The van der Waals surface area contributed by atoms with Crippen molar-refractivity contribution in [1.82, 2.24) is 10.3 Å². The molecule has 3 nitrogen and oxygen atoms in total. The van der Waals surface area contributed by atoms with Crippen LogP contribution in [0, 0.1) is 0 Å². The Labute approximate surface area is 71.8 Å². The van der Waals surface area contributed by atoms with Crippen molar-refractivity contribution in [2.45, 2.75) is 12.5 Å². The largest absolute Gasteiger partial charge is 0.476 e. The highest BCUT2D eigenvalue weighted by molar-refractivity contribution is 5.09. The molecule has 0 radical (unpaired) electrons. The number of hydrogen-bond acceptors (Lipinski definition) is 3. The van der Waals surface area contributed by atoms with Gasteiger partial charge in [0.2, 0.25) is 5.88 Å². The normalized spacial score (nSPS) is 21.5. The van der Waals surface area contributed by atoms with Crippen molar-refractivity contribution in [3.63, 3.8) is 0 Å². The Kier molecular flexibility index (Phi) is 2.23. The molecule has 12 heavy (non-hydrogen) atoms. The van der Waals surface area contributed by atoms with E-state index < -0.39 is 0 Å². The van der Waals surface area contributed by atoms with Crippen LogP contribution in [-0.4, -0.2) is 24.2 Å². The van der Waals surface area contributed by atoms with Crippen molar-refractivity contribution in [3.8, 4) is 5.88 Å². The Bertz CT molecular complexity index is 234. The minimum absolute atomic E-state index is 0.534. The summed E-state index contributed by atoms with van der Waals surface area (Å²) in [4.78, 5) is 4.06. The molecule has 1 aromatic heterocycles. The standard InChI is InChI=1S/C9H12N2O/c1-2-5-11-9(3-1)12-7-8-4-6-10-8/h1-3,5,8,10H,4,6-7H2/t8-/m1/s1. The van der Waals surface area contributed by atoms with Crippen molar-refractivity contribution in [1.29, 1.82) is 0 Å². The highest BCUT2D eigenvalue weighted by atomic mass is 16.5. The van der Waals surface area contributed by atoms with E-state index in [1.807, 2.05) is 18.2 Å². The van der Waals surface area contributed by atoms with Gasteiger partial charge in [-0.2, -0.15) is 0 Å². The lowest BCUT2D eigenvalue weighted by Gasteiger charge is -2.26. The first kappa shape index (κ1) is 7.55. The molecule has 1 aromatic rings. The molecule has 1 N–H and O–H groups in total. The van der Waals surface area contributed by atoms with Crippen molar-refractivity contribution in [2.75, 3.05) is 13.2 Å². The Morgan fingerprint density at radius 1 is 1.58 bits per heavy atom. The monoisotopic (exact) mass is 164 g/mol. The van der Waals surface area contributed by atoms with Crippen molar-refractivity contribution < 1.29 is 4.74 Å². The van der Waals surface area contributed by atoms with Gasteiger partial charge in [-0.25, -0.2) is 4.98 Å². The lowest BCUT2D eigenvalue weighted by molar-refractivity contribution is 0.211. The van der Waals surface area contributed by atoms with Gasteiger partial charge in [0.15, 0.2) is 0 Å². The molecular weight excluding hydrogens is 152 g/mol. The van der Waals surface area contributed by atoms with E-state index in [2.05, 4.69) is 10.3 Å². The van der Waals surface area contributed by atoms with E-state index in [0.29, 0.717) is 11.9 Å². The van der Waals surface area contributed by atoms with Crippen LogP contribution < -0.4 is 10.1 Å². The van der Waals surface area contributed by atoms with E-state index in [1.165, 1.54) is 6.42 Å². The molecule has 64 valence electrons. The number of hydrogen-bond donors (Lipinski definition) is 1. The lowest BCUT2D eigenvalue weighted by Crippen LogP contribution is -2.46. The van der Waals surface area contributed by atoms with Gasteiger partial charge in [-0.05, 0) is 19.0 Å². The highest BCUT2D eigenvalue weighted by Gasteiger charge is 2.16. The predicted octanol–water partition coefficient (Wildman–Crippen LogP) is 0.822. The fourth-order valence-corrected chi connectivity index (χ4v) is 1.11. The molecule has 1 saturated heterocycles. The van der Waals surface area contributed by atoms with Gasteiger partial charge in [-0.1, -0.05) is 6.07 Å². The minimum atomic E-state index is 0.534. The summed E-state index contributed by atoms with van der Waals surface area (Å²) in [6, 6.07) is 6.22. The zero-order chi connectivity index (χ0) is 8.23. The molecule has 0 aromatic carbocycles. The molecule has 1 aliphatic heterocycles. The molecule has 1 fully saturated rings. The number of aromatic nitrogens is 1. The molecular formula is C9H12N2O. The fourth-order valence-electron chi connectivity index (χ4n) is 1.11. The number of nitrogens with one attached hydrogen (secondary N) is 1. The van der Waals surface area contributed by atoms with Crippen LogP contribution in [0.4, 0.5) is 0 Å². The maximum atomic E-state index is 5.44. The van der Waals surface area contributed by atoms with E-state index in [4.69, 9.17) is 4.74 Å². The molecule has 0 aliphatic carbocycles. The number of pyridine rings is 1. The zero-order valence-corrected chi connectivity index (χ0v) is 6.86. The maximum Gasteiger partial charge on any atom is 0.213 e. The Balaban J connectivity index is 1.79. The van der Waals surface area contributed by atoms with Crippen molar-refractivity contribution >= 4 is 0 Å². The zero-order valence-electron chi connectivity index (χ0n) is 6.86. The van der Waals surface area contributed by atoms with Crippen LogP contribution in [0.1, 0.15) is 6.42 Å². The van der Waals surface area contributed by atoms with Crippen molar-refractivity contribution in [2.24, 2.45) is 0 Å². The summed E-state index contributed by atoms with van der Waals surface area (Å²) in [5, 5.41) is 3.26. The van der Waals surface area contributed by atoms with Crippen LogP contribution in [0.3, 0.4) is 0 Å². The first-order valence-corrected chi connectivity index (χ1v) is 4.22. The third-order valence-corrected chi connectivity index (χ3v) is 2.00. The summed E-state index contributed by atoms with van der Waals surface area (Å²) >= 11 is 0. The second kappa shape index (κ2) is 3.54. The minimum Gasteiger partial charge on any atom is -0.476 e. The first-order valence-electron chi connectivity index (χ1n) is 4.22. The van der Waals surface area contributed by atoms with Crippen LogP contribution in [0.5, 0.6) is 5.88 Å². The first-order chi connectivity index (χ1) is 5.95. The number of rotatable bonds is 3. The summed E-state index contributed by atoms with van der Waals surface area (Å²) in [6.45, 7) is 1.85. The third kappa shape index (κ3) is 1.74. The average molecular weight is 164 g/mol. The maximum absolute atomic E-state index is 5.44. The lowest BCUT2D eigenvalue weighted by atomic mass is 10.1. The van der Waals surface area contributed by atoms with E-state index in [1.54, 1.807) is 6.20 Å². The van der Waals surface area contributed by atoms with E-state index >= 15 is 0 Å². The summed E-state index contributed by atoms with van der Waals surface area (Å²) < 4.78 is 5.44. The number of nitrogens with zero attached hydrogens (tertiary/aromatic N) is 1. The fraction of sp³-hybridized carbons (Fsp3) is 0.444.